The molecule has 0 saturated heterocycles. The van der Waals surface area contributed by atoms with Crippen LogP contribution in [0.3, 0.4) is 0 Å². The Balaban J connectivity index is 2.12. The summed E-state index contributed by atoms with van der Waals surface area (Å²) in [6.45, 7) is -0.751. The van der Waals surface area contributed by atoms with Crippen LogP contribution in [0.25, 0.3) is 16.5 Å². The maximum atomic E-state index is 13.9. The van der Waals surface area contributed by atoms with Crippen LogP contribution >= 0.6 is 11.3 Å². The first kappa shape index (κ1) is 20.3. The van der Waals surface area contributed by atoms with Crippen molar-refractivity contribution < 1.29 is 28.2 Å². The summed E-state index contributed by atoms with van der Waals surface area (Å²) >= 11 is 1.31. The molecule has 0 saturated carbocycles. The molecule has 0 aliphatic carbocycles. The van der Waals surface area contributed by atoms with Crippen molar-refractivity contribution >= 4 is 35.3 Å². The van der Waals surface area contributed by atoms with Crippen molar-refractivity contribution in [3.05, 3.63) is 53.2 Å². The van der Waals surface area contributed by atoms with Crippen molar-refractivity contribution in [2.45, 2.75) is 0 Å². The van der Waals surface area contributed by atoms with E-state index in [-0.39, 0.29) is 18.9 Å². The second-order valence-electron chi connectivity index (χ2n) is 5.36. The zero-order valence-electron chi connectivity index (χ0n) is 14.8. The molecule has 1 heterocycles. The SMILES string of the molecule is COC(=O)CN(CC(=O)OC)C(=O)/C=C/c1ccc(-c2ccccc2F)s1. The molecule has 142 valence electrons. The van der Waals surface area contributed by atoms with Gasteiger partial charge in [-0.25, -0.2) is 4.39 Å². The zero-order chi connectivity index (χ0) is 19.8. The van der Waals surface area contributed by atoms with Crippen LogP contribution in [0.1, 0.15) is 4.88 Å². The molecule has 0 unspecified atom stereocenters. The van der Waals surface area contributed by atoms with Crippen molar-refractivity contribution in [3.8, 4) is 10.4 Å². The molecule has 0 atom stereocenters. The number of esters is 2. The molecule has 8 heteroatoms. The Hall–Kier alpha value is -3.00. The fourth-order valence-electron chi connectivity index (χ4n) is 2.16. The molecule has 2 aromatic rings. The van der Waals surface area contributed by atoms with Crippen LogP contribution in [0, 0.1) is 5.82 Å². The van der Waals surface area contributed by atoms with Crippen LogP contribution in [-0.4, -0.2) is 50.1 Å². The minimum absolute atomic E-state index is 0.326. The average molecular weight is 391 g/mol. The van der Waals surface area contributed by atoms with Crippen molar-refractivity contribution in [1.82, 2.24) is 4.90 Å². The molecule has 2 rings (SSSR count). The summed E-state index contributed by atoms with van der Waals surface area (Å²) in [4.78, 5) is 37.6. The summed E-state index contributed by atoms with van der Waals surface area (Å²) in [6, 6.07) is 9.92. The molecule has 1 amide bonds. The van der Waals surface area contributed by atoms with Gasteiger partial charge >= 0.3 is 11.9 Å². The van der Waals surface area contributed by atoms with Gasteiger partial charge in [0.2, 0.25) is 5.91 Å². The summed E-state index contributed by atoms with van der Waals surface area (Å²) in [7, 11) is 2.38. The predicted octanol–water partition coefficient (Wildman–Crippen LogP) is 2.74. The molecule has 0 spiro atoms. The molecular weight excluding hydrogens is 373 g/mol. The highest BCUT2D eigenvalue weighted by Crippen LogP contribution is 2.30. The molecule has 0 radical (unpaired) electrons. The largest absolute Gasteiger partial charge is 0.468 e. The van der Waals surface area contributed by atoms with E-state index in [4.69, 9.17) is 0 Å². The van der Waals surface area contributed by atoms with E-state index < -0.39 is 17.8 Å². The van der Waals surface area contributed by atoms with Crippen LogP contribution in [0.2, 0.25) is 0 Å². The van der Waals surface area contributed by atoms with Crippen LogP contribution in [0.4, 0.5) is 4.39 Å². The first-order valence-corrected chi connectivity index (χ1v) is 8.71. The zero-order valence-corrected chi connectivity index (χ0v) is 15.6. The second-order valence-corrected chi connectivity index (χ2v) is 6.48. The smallest absolute Gasteiger partial charge is 0.325 e. The fourth-order valence-corrected chi connectivity index (χ4v) is 3.10. The Morgan fingerprint density at radius 1 is 1.04 bits per heavy atom. The molecule has 1 aromatic heterocycles. The number of methoxy groups -OCH3 is 2. The van der Waals surface area contributed by atoms with Gasteiger partial charge < -0.3 is 14.4 Å². The highest BCUT2D eigenvalue weighted by atomic mass is 32.1. The monoisotopic (exact) mass is 391 g/mol. The number of nitrogens with zero attached hydrogens (tertiary/aromatic N) is 1. The van der Waals surface area contributed by atoms with Gasteiger partial charge in [0.05, 0.1) is 14.2 Å². The number of hydrogen-bond acceptors (Lipinski definition) is 6. The second kappa shape index (κ2) is 9.63. The molecule has 0 bridgehead atoms. The molecule has 0 aliphatic heterocycles. The van der Waals surface area contributed by atoms with Crippen molar-refractivity contribution in [2.24, 2.45) is 0 Å². The Morgan fingerprint density at radius 2 is 1.67 bits per heavy atom. The number of benzene rings is 1. The summed E-state index contributed by atoms with van der Waals surface area (Å²) in [5, 5.41) is 0. The van der Waals surface area contributed by atoms with Crippen LogP contribution in [0.5, 0.6) is 0 Å². The Morgan fingerprint density at radius 3 is 2.26 bits per heavy atom. The van der Waals surface area contributed by atoms with Crippen LogP contribution in [-0.2, 0) is 23.9 Å². The molecule has 0 N–H and O–H groups in total. The summed E-state index contributed by atoms with van der Waals surface area (Å²) in [5.74, 6) is -2.18. The number of ether oxygens (including phenoxy) is 2. The van der Waals surface area contributed by atoms with E-state index in [9.17, 15) is 18.8 Å². The van der Waals surface area contributed by atoms with Crippen molar-refractivity contribution in [1.29, 1.82) is 0 Å². The van der Waals surface area contributed by atoms with E-state index in [0.717, 1.165) is 14.7 Å². The predicted molar refractivity (Wildman–Crippen MR) is 99.4 cm³/mol. The lowest BCUT2D eigenvalue weighted by molar-refractivity contribution is -0.150. The topological polar surface area (TPSA) is 72.9 Å². The summed E-state index contributed by atoms with van der Waals surface area (Å²) in [6.07, 6.45) is 2.78. The maximum absolute atomic E-state index is 13.9. The average Bonchev–Trinajstić information content (AvgIpc) is 3.14. The van der Waals surface area contributed by atoms with E-state index >= 15 is 0 Å². The lowest BCUT2D eigenvalue weighted by atomic mass is 10.2. The van der Waals surface area contributed by atoms with Crippen molar-refractivity contribution in [3.63, 3.8) is 0 Å². The Labute approximate surface area is 159 Å². The summed E-state index contributed by atoms with van der Waals surface area (Å²) < 4.78 is 22.9. The number of hydrogen-bond donors (Lipinski definition) is 0. The van der Waals surface area contributed by atoms with Gasteiger partial charge in [-0.15, -0.1) is 11.3 Å². The minimum atomic E-state index is -0.654. The standard InChI is InChI=1S/C19H18FNO5S/c1-25-18(23)11-21(12-19(24)26-2)17(22)10-8-13-7-9-16(27-13)14-5-3-4-6-15(14)20/h3-10H,11-12H2,1-2H3/b10-8+. The lowest BCUT2D eigenvalue weighted by Gasteiger charge is -2.18. The molecule has 6 nitrogen and oxygen atoms in total. The van der Waals surface area contributed by atoms with Gasteiger partial charge in [-0.1, -0.05) is 18.2 Å². The maximum Gasteiger partial charge on any atom is 0.325 e. The van der Waals surface area contributed by atoms with Gasteiger partial charge in [0.15, 0.2) is 0 Å². The van der Waals surface area contributed by atoms with Gasteiger partial charge in [0.1, 0.15) is 18.9 Å². The van der Waals surface area contributed by atoms with E-state index in [1.807, 2.05) is 0 Å². The van der Waals surface area contributed by atoms with Gasteiger partial charge in [0.25, 0.3) is 0 Å². The van der Waals surface area contributed by atoms with Gasteiger partial charge in [-0.2, -0.15) is 0 Å². The first-order valence-electron chi connectivity index (χ1n) is 7.90. The van der Waals surface area contributed by atoms with Gasteiger partial charge in [0, 0.05) is 21.4 Å². The Bertz CT molecular complexity index is 843. The molecular formula is C19H18FNO5S. The lowest BCUT2D eigenvalue weighted by Crippen LogP contribution is -2.39. The highest BCUT2D eigenvalue weighted by molar-refractivity contribution is 7.16. The molecule has 0 aliphatic rings. The number of halogens is 1. The molecule has 0 fully saturated rings. The quantitative estimate of drug-likeness (QED) is 0.536. The van der Waals surface area contributed by atoms with Crippen LogP contribution < -0.4 is 0 Å². The number of carbonyl (C=O) groups excluding carboxylic acids is 3. The number of rotatable bonds is 7. The van der Waals surface area contributed by atoms with E-state index in [0.29, 0.717) is 5.56 Å². The molecule has 1 aromatic carbocycles. The normalized spacial score (nSPS) is 10.6. The number of thiophene rings is 1. The third-order valence-corrected chi connectivity index (χ3v) is 4.65. The van der Waals surface area contributed by atoms with Crippen LogP contribution in [0.15, 0.2) is 42.5 Å². The highest BCUT2D eigenvalue weighted by Gasteiger charge is 2.19. The fraction of sp³-hybridized carbons (Fsp3) is 0.211. The summed E-state index contributed by atoms with van der Waals surface area (Å²) in [5.41, 5.74) is 0.478. The molecule has 27 heavy (non-hydrogen) atoms. The third kappa shape index (κ3) is 5.75. The third-order valence-electron chi connectivity index (χ3n) is 3.56. The number of carbonyl (C=O) groups is 3. The van der Waals surface area contributed by atoms with Crippen molar-refractivity contribution in [2.75, 3.05) is 27.3 Å². The van der Waals surface area contributed by atoms with E-state index in [2.05, 4.69) is 9.47 Å². The van der Waals surface area contributed by atoms with E-state index in [1.54, 1.807) is 36.4 Å². The van der Waals surface area contributed by atoms with E-state index in [1.165, 1.54) is 37.7 Å². The van der Waals surface area contributed by atoms with Gasteiger partial charge in [-0.05, 0) is 24.3 Å². The first-order chi connectivity index (χ1) is 12.9. The minimum Gasteiger partial charge on any atom is -0.468 e. The van der Waals surface area contributed by atoms with Gasteiger partial charge in [-0.3, -0.25) is 14.4 Å². The number of amides is 1. The Kier molecular flexibility index (Phi) is 7.25.